The van der Waals surface area contributed by atoms with Crippen LogP contribution < -0.4 is 5.32 Å². The zero-order valence-electron chi connectivity index (χ0n) is 10.6. The average molecular weight is 257 g/mol. The third kappa shape index (κ3) is 2.01. The monoisotopic (exact) mass is 257 g/mol. The smallest absolute Gasteiger partial charge is 0.163 e. The molecule has 1 N–H and O–H groups in total. The number of nitrogens with one attached hydrogen (secondary N) is 1. The van der Waals surface area contributed by atoms with Crippen molar-refractivity contribution < 1.29 is 4.39 Å². The van der Waals surface area contributed by atoms with E-state index in [0.717, 1.165) is 11.0 Å². The lowest BCUT2D eigenvalue weighted by Gasteiger charge is -2.07. The summed E-state index contributed by atoms with van der Waals surface area (Å²) in [7, 11) is 1.81. The van der Waals surface area contributed by atoms with Crippen molar-refractivity contribution in [2.45, 2.75) is 6.92 Å². The molecule has 0 saturated carbocycles. The van der Waals surface area contributed by atoms with Crippen LogP contribution in [-0.4, -0.2) is 19.7 Å². The number of aryl methyl sites for hydroxylation is 2. The Kier molecular flexibility index (Phi) is 2.63. The molecule has 2 heterocycles. The molecule has 6 heteroatoms. The van der Waals surface area contributed by atoms with E-state index >= 15 is 0 Å². The Balaban J connectivity index is 2.03. The van der Waals surface area contributed by atoms with Gasteiger partial charge < -0.3 is 5.32 Å². The molecule has 96 valence electrons. The molecule has 0 aliphatic carbocycles. The second-order valence-electron chi connectivity index (χ2n) is 4.32. The van der Waals surface area contributed by atoms with Gasteiger partial charge in [-0.25, -0.2) is 14.4 Å². The Labute approximate surface area is 109 Å². The van der Waals surface area contributed by atoms with Gasteiger partial charge in [0.15, 0.2) is 5.65 Å². The van der Waals surface area contributed by atoms with E-state index in [0.29, 0.717) is 17.1 Å². The van der Waals surface area contributed by atoms with Gasteiger partial charge in [0.25, 0.3) is 0 Å². The molecule has 0 amide bonds. The highest BCUT2D eigenvalue weighted by Gasteiger charge is 2.08. The van der Waals surface area contributed by atoms with Crippen LogP contribution in [0, 0.1) is 12.7 Å². The third-order valence-corrected chi connectivity index (χ3v) is 2.96. The molecule has 3 aromatic rings. The largest absolute Gasteiger partial charge is 0.339 e. The highest BCUT2D eigenvalue weighted by Crippen LogP contribution is 2.23. The van der Waals surface area contributed by atoms with Crippen LogP contribution >= 0.6 is 0 Å². The Morgan fingerprint density at radius 2 is 2.11 bits per heavy atom. The van der Waals surface area contributed by atoms with E-state index < -0.39 is 0 Å². The molecule has 2 aromatic heterocycles. The van der Waals surface area contributed by atoms with Crippen LogP contribution in [0.3, 0.4) is 0 Å². The molecule has 0 aliphatic rings. The van der Waals surface area contributed by atoms with E-state index in [1.165, 1.54) is 12.4 Å². The molecule has 0 bridgehead atoms. The van der Waals surface area contributed by atoms with Crippen LogP contribution in [0.4, 0.5) is 15.9 Å². The van der Waals surface area contributed by atoms with Crippen molar-refractivity contribution in [2.24, 2.45) is 7.05 Å². The predicted octanol–water partition coefficient (Wildman–Crippen LogP) is 2.55. The standard InChI is InChI=1S/C13H12FN5/c1-8-3-4-9(5-11(8)14)18-12-10-6-17-19(2)13(10)16-7-15-12/h3-7H,1-2H3,(H,15,16,18). The lowest BCUT2D eigenvalue weighted by Crippen LogP contribution is -1.97. The van der Waals surface area contributed by atoms with Crippen LogP contribution in [0.5, 0.6) is 0 Å². The Bertz CT molecular complexity index is 750. The molecule has 0 fully saturated rings. The number of rotatable bonds is 2. The minimum atomic E-state index is -0.249. The highest BCUT2D eigenvalue weighted by molar-refractivity contribution is 5.88. The van der Waals surface area contributed by atoms with Gasteiger partial charge in [-0.15, -0.1) is 0 Å². The summed E-state index contributed by atoms with van der Waals surface area (Å²) >= 11 is 0. The minimum Gasteiger partial charge on any atom is -0.339 e. The molecule has 0 atom stereocenters. The van der Waals surface area contributed by atoms with Crippen LogP contribution in [0.15, 0.2) is 30.7 Å². The minimum absolute atomic E-state index is 0.249. The van der Waals surface area contributed by atoms with Gasteiger partial charge in [-0.2, -0.15) is 5.10 Å². The van der Waals surface area contributed by atoms with Crippen molar-refractivity contribution in [1.29, 1.82) is 0 Å². The zero-order chi connectivity index (χ0) is 13.4. The maximum absolute atomic E-state index is 13.5. The second-order valence-corrected chi connectivity index (χ2v) is 4.32. The van der Waals surface area contributed by atoms with Crippen molar-refractivity contribution in [3.8, 4) is 0 Å². The SMILES string of the molecule is Cc1ccc(Nc2ncnc3c2cnn3C)cc1F. The summed E-state index contributed by atoms with van der Waals surface area (Å²) in [4.78, 5) is 8.32. The Hall–Kier alpha value is -2.50. The van der Waals surface area contributed by atoms with Crippen molar-refractivity contribution >= 4 is 22.5 Å². The molecule has 1 aromatic carbocycles. The molecular weight excluding hydrogens is 245 g/mol. The lowest BCUT2D eigenvalue weighted by molar-refractivity contribution is 0.619. The van der Waals surface area contributed by atoms with Gasteiger partial charge in [-0.3, -0.25) is 4.68 Å². The zero-order valence-corrected chi connectivity index (χ0v) is 10.6. The molecule has 0 saturated heterocycles. The summed E-state index contributed by atoms with van der Waals surface area (Å²) in [5, 5.41) is 8.01. The highest BCUT2D eigenvalue weighted by atomic mass is 19.1. The fraction of sp³-hybridized carbons (Fsp3) is 0.154. The molecular formula is C13H12FN5. The van der Waals surface area contributed by atoms with Crippen molar-refractivity contribution in [3.05, 3.63) is 42.1 Å². The number of benzene rings is 1. The summed E-state index contributed by atoms with van der Waals surface area (Å²) in [6, 6.07) is 4.97. The summed E-state index contributed by atoms with van der Waals surface area (Å²) in [5.74, 6) is 0.364. The number of halogens is 1. The fourth-order valence-corrected chi connectivity index (χ4v) is 1.87. The molecule has 5 nitrogen and oxygen atoms in total. The normalized spacial score (nSPS) is 10.9. The molecule has 0 unspecified atom stereocenters. The van der Waals surface area contributed by atoms with Crippen molar-refractivity contribution in [1.82, 2.24) is 19.7 Å². The Morgan fingerprint density at radius 1 is 1.26 bits per heavy atom. The first kappa shape index (κ1) is 11.6. The van der Waals surface area contributed by atoms with E-state index in [-0.39, 0.29) is 5.82 Å². The van der Waals surface area contributed by atoms with Gasteiger partial charge in [-0.1, -0.05) is 6.07 Å². The van der Waals surface area contributed by atoms with Gasteiger partial charge >= 0.3 is 0 Å². The fourth-order valence-electron chi connectivity index (χ4n) is 1.87. The van der Waals surface area contributed by atoms with Crippen LogP contribution in [0.2, 0.25) is 0 Å². The average Bonchev–Trinajstić information content (AvgIpc) is 2.77. The van der Waals surface area contributed by atoms with Crippen LogP contribution in [0.25, 0.3) is 11.0 Å². The quantitative estimate of drug-likeness (QED) is 0.766. The van der Waals surface area contributed by atoms with Crippen molar-refractivity contribution in [2.75, 3.05) is 5.32 Å². The first-order valence-electron chi connectivity index (χ1n) is 5.81. The van der Waals surface area contributed by atoms with Gasteiger partial charge in [-0.05, 0) is 24.6 Å². The number of anilines is 2. The lowest BCUT2D eigenvalue weighted by atomic mass is 10.2. The maximum Gasteiger partial charge on any atom is 0.163 e. The number of aromatic nitrogens is 4. The number of hydrogen-bond acceptors (Lipinski definition) is 4. The molecule has 19 heavy (non-hydrogen) atoms. The van der Waals surface area contributed by atoms with E-state index in [1.54, 1.807) is 23.9 Å². The van der Waals surface area contributed by atoms with Crippen LogP contribution in [-0.2, 0) is 7.05 Å². The summed E-state index contributed by atoms with van der Waals surface area (Å²) in [5.41, 5.74) is 1.98. The first-order chi connectivity index (χ1) is 9.15. The van der Waals surface area contributed by atoms with E-state index in [9.17, 15) is 4.39 Å². The summed E-state index contributed by atoms with van der Waals surface area (Å²) in [6.07, 6.45) is 3.14. The van der Waals surface area contributed by atoms with Gasteiger partial charge in [0.2, 0.25) is 0 Å². The van der Waals surface area contributed by atoms with Gasteiger partial charge in [0, 0.05) is 12.7 Å². The predicted molar refractivity (Wildman–Crippen MR) is 70.7 cm³/mol. The third-order valence-electron chi connectivity index (χ3n) is 2.96. The molecule has 0 spiro atoms. The topological polar surface area (TPSA) is 55.6 Å². The number of fused-ring (bicyclic) bond motifs is 1. The summed E-state index contributed by atoms with van der Waals surface area (Å²) in [6.45, 7) is 1.73. The van der Waals surface area contributed by atoms with Crippen molar-refractivity contribution in [3.63, 3.8) is 0 Å². The van der Waals surface area contributed by atoms with E-state index in [4.69, 9.17) is 0 Å². The molecule has 0 radical (unpaired) electrons. The number of hydrogen-bond donors (Lipinski definition) is 1. The maximum atomic E-state index is 13.5. The molecule has 3 rings (SSSR count). The van der Waals surface area contributed by atoms with Crippen LogP contribution in [0.1, 0.15) is 5.56 Å². The summed E-state index contributed by atoms with van der Waals surface area (Å²) < 4.78 is 15.2. The molecule has 0 aliphatic heterocycles. The van der Waals surface area contributed by atoms with Gasteiger partial charge in [0.1, 0.15) is 18.0 Å². The first-order valence-corrected chi connectivity index (χ1v) is 5.81. The Morgan fingerprint density at radius 3 is 2.89 bits per heavy atom. The van der Waals surface area contributed by atoms with E-state index in [1.807, 2.05) is 13.1 Å². The second kappa shape index (κ2) is 4.31. The van der Waals surface area contributed by atoms with E-state index in [2.05, 4.69) is 20.4 Å². The number of nitrogens with zero attached hydrogens (tertiary/aromatic N) is 4. The van der Waals surface area contributed by atoms with Gasteiger partial charge in [0.05, 0.1) is 11.6 Å².